The predicted molar refractivity (Wildman–Crippen MR) is 87.5 cm³/mol. The van der Waals surface area contributed by atoms with Gasteiger partial charge in [0, 0.05) is 6.42 Å². The topological polar surface area (TPSA) is 37.3 Å². The molecule has 2 aliphatic carbocycles. The predicted octanol–water partition coefficient (Wildman–Crippen LogP) is 5.60. The molecule has 2 rings (SSSR count). The van der Waals surface area contributed by atoms with Crippen LogP contribution < -0.4 is 0 Å². The number of hydrogen-bond donors (Lipinski definition) is 1. The molecule has 1 atom stereocenters. The number of carbonyl (C=O) groups is 1. The van der Waals surface area contributed by atoms with Gasteiger partial charge in [0.15, 0.2) is 0 Å². The zero-order valence-corrected chi connectivity index (χ0v) is 13.9. The van der Waals surface area contributed by atoms with Crippen molar-refractivity contribution in [1.29, 1.82) is 0 Å². The highest BCUT2D eigenvalue weighted by atomic mass is 19.3. The van der Waals surface area contributed by atoms with Gasteiger partial charge in [-0.2, -0.15) is 0 Å². The Morgan fingerprint density at radius 2 is 2.04 bits per heavy atom. The number of carboxylic acids is 1. The van der Waals surface area contributed by atoms with Crippen LogP contribution in [0.1, 0.15) is 64.7 Å². The molecule has 0 radical (unpaired) electrons. The van der Waals surface area contributed by atoms with Crippen LogP contribution in [0.2, 0.25) is 0 Å². The van der Waals surface area contributed by atoms with Crippen LogP contribution in [0.25, 0.3) is 0 Å². The standard InChI is InChI=1S/C19H28F2O2/c1-2-3-4-14-5-7-15(8-6-14)16-9-11-19(12-10-16,18(22)23)13-17(20)21/h9-11,14-15,17H,2-8,12-13H2,1H3,(H,22,23)/t14-,15-,19?. The quantitative estimate of drug-likeness (QED) is 0.661. The molecule has 2 nitrogen and oxygen atoms in total. The minimum absolute atomic E-state index is 0.189. The van der Waals surface area contributed by atoms with Crippen molar-refractivity contribution in [3.63, 3.8) is 0 Å². The van der Waals surface area contributed by atoms with E-state index in [4.69, 9.17) is 0 Å². The number of allylic oxidation sites excluding steroid dienone is 3. The number of aliphatic carboxylic acids is 1. The summed E-state index contributed by atoms with van der Waals surface area (Å²) >= 11 is 0. The van der Waals surface area contributed by atoms with Crippen LogP contribution in [-0.2, 0) is 4.79 Å². The SMILES string of the molecule is CCCC[C@H]1CC[C@H](C2=CCC(CC(F)F)(C(=O)O)C=C2)CC1. The van der Waals surface area contributed by atoms with Crippen LogP contribution in [0.3, 0.4) is 0 Å². The molecule has 0 amide bonds. The molecule has 130 valence electrons. The maximum absolute atomic E-state index is 12.7. The number of alkyl halides is 2. The third kappa shape index (κ3) is 4.65. The Labute approximate surface area is 137 Å². The lowest BCUT2D eigenvalue weighted by atomic mass is 9.72. The molecule has 0 bridgehead atoms. The van der Waals surface area contributed by atoms with E-state index in [1.165, 1.54) is 38.2 Å². The molecule has 0 aromatic heterocycles. The lowest BCUT2D eigenvalue weighted by Crippen LogP contribution is -2.32. The maximum Gasteiger partial charge on any atom is 0.314 e. The molecule has 2 aliphatic rings. The summed E-state index contributed by atoms with van der Waals surface area (Å²) in [5.74, 6) is 0.159. The summed E-state index contributed by atoms with van der Waals surface area (Å²) in [6, 6.07) is 0. The van der Waals surface area contributed by atoms with Gasteiger partial charge in [-0.05, 0) is 49.5 Å². The van der Waals surface area contributed by atoms with Crippen molar-refractivity contribution in [3.8, 4) is 0 Å². The molecule has 0 aromatic rings. The molecular weight excluding hydrogens is 298 g/mol. The Balaban J connectivity index is 1.92. The van der Waals surface area contributed by atoms with Crippen LogP contribution in [0.4, 0.5) is 8.78 Å². The minimum Gasteiger partial charge on any atom is -0.481 e. The fourth-order valence-electron chi connectivity index (χ4n) is 3.94. The fourth-order valence-corrected chi connectivity index (χ4v) is 3.94. The number of halogens is 2. The summed E-state index contributed by atoms with van der Waals surface area (Å²) in [4.78, 5) is 11.4. The minimum atomic E-state index is -2.60. The van der Waals surface area contributed by atoms with Gasteiger partial charge in [-0.15, -0.1) is 0 Å². The second-order valence-corrected chi connectivity index (χ2v) is 7.16. The Morgan fingerprint density at radius 3 is 2.52 bits per heavy atom. The van der Waals surface area contributed by atoms with Gasteiger partial charge in [-0.3, -0.25) is 4.79 Å². The van der Waals surface area contributed by atoms with Crippen LogP contribution in [0.15, 0.2) is 23.8 Å². The van der Waals surface area contributed by atoms with Crippen LogP contribution in [-0.4, -0.2) is 17.5 Å². The summed E-state index contributed by atoms with van der Waals surface area (Å²) in [6.07, 6.45) is 10.8. The van der Waals surface area contributed by atoms with E-state index in [1.807, 2.05) is 6.08 Å². The first-order chi connectivity index (χ1) is 11.0. The van der Waals surface area contributed by atoms with E-state index in [-0.39, 0.29) is 6.42 Å². The molecule has 1 fully saturated rings. The van der Waals surface area contributed by atoms with Gasteiger partial charge in [0.05, 0.1) is 5.41 Å². The third-order valence-electron chi connectivity index (χ3n) is 5.53. The first kappa shape index (κ1) is 18.2. The van der Waals surface area contributed by atoms with Gasteiger partial charge in [0.25, 0.3) is 0 Å². The second kappa shape index (κ2) is 8.07. The molecule has 0 heterocycles. The van der Waals surface area contributed by atoms with Crippen molar-refractivity contribution >= 4 is 5.97 Å². The Hall–Kier alpha value is -1.19. The van der Waals surface area contributed by atoms with E-state index in [1.54, 1.807) is 6.08 Å². The van der Waals surface area contributed by atoms with Crippen molar-refractivity contribution < 1.29 is 18.7 Å². The molecule has 0 saturated heterocycles. The normalized spacial score (nSPS) is 31.2. The maximum atomic E-state index is 12.7. The number of carboxylic acid groups (broad SMARTS) is 1. The fraction of sp³-hybridized carbons (Fsp3) is 0.737. The van der Waals surface area contributed by atoms with Gasteiger partial charge >= 0.3 is 5.97 Å². The highest BCUT2D eigenvalue weighted by Gasteiger charge is 2.40. The summed E-state index contributed by atoms with van der Waals surface area (Å²) in [5.41, 5.74) is -0.263. The van der Waals surface area contributed by atoms with E-state index >= 15 is 0 Å². The third-order valence-corrected chi connectivity index (χ3v) is 5.53. The molecule has 4 heteroatoms. The zero-order valence-electron chi connectivity index (χ0n) is 13.9. The van der Waals surface area contributed by atoms with Gasteiger partial charge < -0.3 is 5.11 Å². The van der Waals surface area contributed by atoms with Crippen LogP contribution >= 0.6 is 0 Å². The van der Waals surface area contributed by atoms with Crippen molar-refractivity contribution in [2.24, 2.45) is 17.3 Å². The Bertz CT molecular complexity index is 462. The largest absolute Gasteiger partial charge is 0.481 e. The first-order valence-electron chi connectivity index (χ1n) is 8.87. The van der Waals surface area contributed by atoms with Crippen molar-refractivity contribution in [2.45, 2.75) is 71.1 Å². The van der Waals surface area contributed by atoms with Gasteiger partial charge in [-0.1, -0.05) is 44.4 Å². The molecule has 1 saturated carbocycles. The average molecular weight is 326 g/mol. The molecular formula is C19H28F2O2. The van der Waals surface area contributed by atoms with E-state index in [9.17, 15) is 18.7 Å². The van der Waals surface area contributed by atoms with Crippen molar-refractivity contribution in [3.05, 3.63) is 23.8 Å². The molecule has 0 aliphatic heterocycles. The first-order valence-corrected chi connectivity index (χ1v) is 8.87. The lowest BCUT2D eigenvalue weighted by molar-refractivity contribution is -0.148. The smallest absolute Gasteiger partial charge is 0.314 e. The van der Waals surface area contributed by atoms with E-state index < -0.39 is 24.2 Å². The van der Waals surface area contributed by atoms with Crippen LogP contribution in [0, 0.1) is 17.3 Å². The Kier molecular flexibility index (Phi) is 6.37. The molecule has 0 aromatic carbocycles. The summed E-state index contributed by atoms with van der Waals surface area (Å²) < 4.78 is 25.4. The van der Waals surface area contributed by atoms with E-state index in [0.29, 0.717) is 5.92 Å². The monoisotopic (exact) mass is 326 g/mol. The summed E-state index contributed by atoms with van der Waals surface area (Å²) in [5, 5.41) is 9.34. The average Bonchev–Trinajstić information content (AvgIpc) is 2.53. The summed E-state index contributed by atoms with van der Waals surface area (Å²) in [7, 11) is 0. The van der Waals surface area contributed by atoms with E-state index in [0.717, 1.165) is 24.3 Å². The van der Waals surface area contributed by atoms with Crippen molar-refractivity contribution in [1.82, 2.24) is 0 Å². The van der Waals surface area contributed by atoms with Crippen LogP contribution in [0.5, 0.6) is 0 Å². The number of hydrogen-bond acceptors (Lipinski definition) is 1. The molecule has 1 N–H and O–H groups in total. The molecule has 0 spiro atoms. The van der Waals surface area contributed by atoms with E-state index in [2.05, 4.69) is 6.92 Å². The highest BCUT2D eigenvalue weighted by Crippen LogP contribution is 2.41. The lowest BCUT2D eigenvalue weighted by Gasteiger charge is -2.33. The summed E-state index contributed by atoms with van der Waals surface area (Å²) in [6.45, 7) is 2.22. The number of unbranched alkanes of at least 4 members (excludes halogenated alkanes) is 1. The molecule has 1 unspecified atom stereocenters. The zero-order chi connectivity index (χ0) is 16.9. The Morgan fingerprint density at radius 1 is 1.35 bits per heavy atom. The molecule has 23 heavy (non-hydrogen) atoms. The van der Waals surface area contributed by atoms with Gasteiger partial charge in [0.2, 0.25) is 6.43 Å². The van der Waals surface area contributed by atoms with Gasteiger partial charge in [0.1, 0.15) is 0 Å². The van der Waals surface area contributed by atoms with Crippen molar-refractivity contribution in [2.75, 3.05) is 0 Å². The number of rotatable bonds is 7. The van der Waals surface area contributed by atoms with Gasteiger partial charge in [-0.25, -0.2) is 8.78 Å². The second-order valence-electron chi connectivity index (χ2n) is 7.16. The highest BCUT2D eigenvalue weighted by molar-refractivity contribution is 5.78.